The van der Waals surface area contributed by atoms with Crippen LogP contribution in [0.1, 0.15) is 30.1 Å². The Morgan fingerprint density at radius 2 is 2.37 bits per heavy atom. The molecule has 0 spiro atoms. The van der Waals surface area contributed by atoms with E-state index in [1.165, 1.54) is 24.6 Å². The van der Waals surface area contributed by atoms with Crippen LogP contribution in [0.5, 0.6) is 0 Å². The van der Waals surface area contributed by atoms with Crippen molar-refractivity contribution in [2.24, 2.45) is 0 Å². The number of nitrogens with one attached hydrogen (secondary N) is 1. The van der Waals surface area contributed by atoms with Crippen molar-refractivity contribution in [1.29, 1.82) is 0 Å². The van der Waals surface area contributed by atoms with E-state index in [1.54, 1.807) is 0 Å². The van der Waals surface area contributed by atoms with Crippen molar-refractivity contribution in [3.63, 3.8) is 0 Å². The average molecular weight is 282 g/mol. The van der Waals surface area contributed by atoms with Gasteiger partial charge in [-0.25, -0.2) is 4.39 Å². The van der Waals surface area contributed by atoms with Crippen molar-refractivity contribution >= 4 is 18.5 Å². The molecule has 104 valence electrons. The fourth-order valence-corrected chi connectivity index (χ4v) is 2.72. The smallest absolute Gasteiger partial charge is 0.251 e. The van der Waals surface area contributed by atoms with Crippen molar-refractivity contribution in [3.05, 3.63) is 29.6 Å². The maximum Gasteiger partial charge on any atom is 0.251 e. The number of halogens is 1. The fraction of sp³-hybridized carbons (Fsp3) is 0.500. The molecule has 5 heteroatoms. The van der Waals surface area contributed by atoms with E-state index in [0.717, 1.165) is 19.5 Å². The van der Waals surface area contributed by atoms with Gasteiger partial charge < -0.3 is 5.32 Å². The molecule has 0 saturated carbocycles. The van der Waals surface area contributed by atoms with E-state index < -0.39 is 5.82 Å². The topological polar surface area (TPSA) is 32.3 Å². The number of amides is 1. The Morgan fingerprint density at radius 3 is 3.05 bits per heavy atom. The van der Waals surface area contributed by atoms with Gasteiger partial charge in [-0.15, -0.1) is 12.6 Å². The third-order valence-electron chi connectivity index (χ3n) is 3.61. The minimum atomic E-state index is -0.409. The summed E-state index contributed by atoms with van der Waals surface area (Å²) in [6, 6.07) is 4.63. The van der Waals surface area contributed by atoms with E-state index in [1.807, 2.05) is 0 Å². The Morgan fingerprint density at radius 1 is 1.58 bits per heavy atom. The lowest BCUT2D eigenvalue weighted by atomic mass is 10.2. The number of nitrogens with zero attached hydrogens (tertiary/aromatic N) is 1. The Hall–Kier alpha value is -1.07. The summed E-state index contributed by atoms with van der Waals surface area (Å²) in [6.07, 6.45) is 2.31. The van der Waals surface area contributed by atoms with E-state index in [-0.39, 0.29) is 10.8 Å². The van der Waals surface area contributed by atoms with Gasteiger partial charge in [0.2, 0.25) is 0 Å². The van der Waals surface area contributed by atoms with Gasteiger partial charge in [-0.05, 0) is 44.1 Å². The minimum Gasteiger partial charge on any atom is -0.350 e. The van der Waals surface area contributed by atoms with Crippen molar-refractivity contribution < 1.29 is 9.18 Å². The number of likely N-dealkylation sites (N-methyl/N-ethyl adjacent to an activating group) is 1. The van der Waals surface area contributed by atoms with Crippen LogP contribution in [-0.2, 0) is 0 Å². The van der Waals surface area contributed by atoms with Crippen LogP contribution in [0.3, 0.4) is 0 Å². The summed E-state index contributed by atoms with van der Waals surface area (Å²) in [5, 5.41) is 2.91. The molecule has 1 fully saturated rings. The minimum absolute atomic E-state index is 0.168. The van der Waals surface area contributed by atoms with Gasteiger partial charge in [0.25, 0.3) is 5.91 Å². The third-order valence-corrected chi connectivity index (χ3v) is 3.95. The van der Waals surface area contributed by atoms with Crippen molar-refractivity contribution in [2.45, 2.75) is 30.7 Å². The van der Waals surface area contributed by atoms with Gasteiger partial charge in [-0.1, -0.05) is 6.92 Å². The van der Waals surface area contributed by atoms with E-state index in [0.29, 0.717) is 18.2 Å². The second-order valence-electron chi connectivity index (χ2n) is 4.80. The highest BCUT2D eigenvalue weighted by molar-refractivity contribution is 7.80. The Kier molecular flexibility index (Phi) is 4.82. The average Bonchev–Trinajstić information content (AvgIpc) is 2.86. The largest absolute Gasteiger partial charge is 0.350 e. The van der Waals surface area contributed by atoms with Crippen LogP contribution in [-0.4, -0.2) is 36.5 Å². The summed E-state index contributed by atoms with van der Waals surface area (Å²) in [7, 11) is 0. The summed E-state index contributed by atoms with van der Waals surface area (Å²) in [4.78, 5) is 14.5. The lowest BCUT2D eigenvalue weighted by molar-refractivity contribution is 0.0941. The standard InChI is InChI=1S/C14H19FN2OS/c1-2-17-7-3-4-11(17)9-16-14(18)10-5-6-12(15)13(19)8-10/h5-6,8,11,19H,2-4,7,9H2,1H3,(H,16,18). The lowest BCUT2D eigenvalue weighted by Gasteiger charge is -2.22. The molecule has 0 aliphatic carbocycles. The van der Waals surface area contributed by atoms with E-state index in [9.17, 15) is 9.18 Å². The molecule has 19 heavy (non-hydrogen) atoms. The normalized spacial score (nSPS) is 19.6. The first-order valence-corrected chi connectivity index (χ1v) is 7.07. The number of benzene rings is 1. The van der Waals surface area contributed by atoms with Crippen LogP contribution in [0.2, 0.25) is 0 Å². The highest BCUT2D eigenvalue weighted by Crippen LogP contribution is 2.17. The van der Waals surface area contributed by atoms with Crippen LogP contribution in [0, 0.1) is 5.82 Å². The molecule has 1 unspecified atom stereocenters. The molecular weight excluding hydrogens is 263 g/mol. The molecule has 3 nitrogen and oxygen atoms in total. The predicted octanol–water partition coefficient (Wildman–Crippen LogP) is 2.33. The van der Waals surface area contributed by atoms with Crippen LogP contribution in [0.4, 0.5) is 4.39 Å². The Bertz CT molecular complexity index is 467. The molecule has 1 aliphatic heterocycles. The quantitative estimate of drug-likeness (QED) is 0.831. The molecule has 2 rings (SSSR count). The Labute approximate surface area is 118 Å². The second-order valence-corrected chi connectivity index (χ2v) is 5.28. The lowest BCUT2D eigenvalue weighted by Crippen LogP contribution is -2.40. The first-order chi connectivity index (χ1) is 9.11. The molecule has 1 aromatic rings. The molecule has 1 aliphatic rings. The maximum atomic E-state index is 13.1. The SMILES string of the molecule is CCN1CCCC1CNC(=O)c1ccc(F)c(S)c1. The fourth-order valence-electron chi connectivity index (χ4n) is 2.51. The number of hydrogen-bond donors (Lipinski definition) is 2. The van der Waals surface area contributed by atoms with Crippen LogP contribution >= 0.6 is 12.6 Å². The summed E-state index contributed by atoms with van der Waals surface area (Å²) in [5.41, 5.74) is 0.451. The summed E-state index contributed by atoms with van der Waals surface area (Å²) in [6.45, 7) is 4.89. The molecule has 0 aromatic heterocycles. The first-order valence-electron chi connectivity index (χ1n) is 6.62. The van der Waals surface area contributed by atoms with Gasteiger partial charge in [0.15, 0.2) is 0 Å². The van der Waals surface area contributed by atoms with Crippen LogP contribution < -0.4 is 5.32 Å². The molecule has 1 aromatic carbocycles. The van der Waals surface area contributed by atoms with Crippen LogP contribution in [0.25, 0.3) is 0 Å². The third kappa shape index (κ3) is 3.48. The molecule has 1 atom stereocenters. The number of hydrogen-bond acceptors (Lipinski definition) is 3. The molecule has 0 bridgehead atoms. The van der Waals surface area contributed by atoms with Gasteiger partial charge >= 0.3 is 0 Å². The van der Waals surface area contributed by atoms with E-state index in [2.05, 4.69) is 29.8 Å². The number of carbonyl (C=O) groups is 1. The molecule has 1 heterocycles. The molecule has 1 saturated heterocycles. The van der Waals surface area contributed by atoms with Gasteiger partial charge in [-0.3, -0.25) is 9.69 Å². The zero-order valence-electron chi connectivity index (χ0n) is 11.0. The van der Waals surface area contributed by atoms with Gasteiger partial charge in [-0.2, -0.15) is 0 Å². The van der Waals surface area contributed by atoms with Gasteiger partial charge in [0, 0.05) is 23.0 Å². The zero-order chi connectivity index (χ0) is 13.8. The zero-order valence-corrected chi connectivity index (χ0v) is 11.9. The predicted molar refractivity (Wildman–Crippen MR) is 76.3 cm³/mol. The summed E-state index contributed by atoms with van der Waals surface area (Å²) in [5.74, 6) is -0.578. The summed E-state index contributed by atoms with van der Waals surface area (Å²) >= 11 is 3.98. The van der Waals surface area contributed by atoms with Crippen molar-refractivity contribution in [3.8, 4) is 0 Å². The molecular formula is C14H19FN2OS. The van der Waals surface area contributed by atoms with Crippen LogP contribution in [0.15, 0.2) is 23.1 Å². The number of rotatable bonds is 4. The highest BCUT2D eigenvalue weighted by Gasteiger charge is 2.23. The van der Waals surface area contributed by atoms with E-state index >= 15 is 0 Å². The Balaban J connectivity index is 1.92. The first kappa shape index (κ1) is 14.3. The number of likely N-dealkylation sites (tertiary alicyclic amines) is 1. The van der Waals surface area contributed by atoms with E-state index in [4.69, 9.17) is 0 Å². The highest BCUT2D eigenvalue weighted by atomic mass is 32.1. The van der Waals surface area contributed by atoms with Gasteiger partial charge in [0.1, 0.15) is 5.82 Å². The second kappa shape index (κ2) is 6.39. The molecule has 1 amide bonds. The van der Waals surface area contributed by atoms with Gasteiger partial charge in [0.05, 0.1) is 0 Å². The number of thiol groups is 1. The summed E-state index contributed by atoms with van der Waals surface area (Å²) < 4.78 is 13.1. The molecule has 0 radical (unpaired) electrons. The number of carbonyl (C=O) groups excluding carboxylic acids is 1. The molecule has 1 N–H and O–H groups in total. The maximum absolute atomic E-state index is 13.1. The van der Waals surface area contributed by atoms with Crippen molar-refractivity contribution in [1.82, 2.24) is 10.2 Å². The van der Waals surface area contributed by atoms with Crippen molar-refractivity contribution in [2.75, 3.05) is 19.6 Å². The monoisotopic (exact) mass is 282 g/mol.